The Morgan fingerprint density at radius 2 is 2.41 bits per heavy atom. The molecule has 0 bridgehead atoms. The molecule has 0 aliphatic carbocycles. The van der Waals surface area contributed by atoms with Gasteiger partial charge in [-0.3, -0.25) is 0 Å². The van der Waals surface area contributed by atoms with E-state index in [1.54, 1.807) is 18.1 Å². The van der Waals surface area contributed by atoms with E-state index in [0.29, 0.717) is 16.8 Å². The minimum absolute atomic E-state index is 0.492. The SMILES string of the molecule is CCNc1nc(SC2COC2)c2[nH]cnc2n1. The molecule has 17 heavy (non-hydrogen) atoms. The van der Waals surface area contributed by atoms with Crippen molar-refractivity contribution >= 4 is 28.9 Å². The van der Waals surface area contributed by atoms with Crippen LogP contribution < -0.4 is 5.32 Å². The molecule has 3 rings (SSSR count). The standard InChI is InChI=1S/C10H13N5OS/c1-2-11-10-14-8-7(12-5-13-8)9(15-10)17-6-3-16-4-6/h5-6H,2-4H2,1H3,(H2,11,12,13,14,15). The molecule has 2 aromatic rings. The highest BCUT2D eigenvalue weighted by Crippen LogP contribution is 2.30. The largest absolute Gasteiger partial charge is 0.379 e. The lowest BCUT2D eigenvalue weighted by molar-refractivity contribution is 0.0455. The van der Waals surface area contributed by atoms with Crippen molar-refractivity contribution in [2.45, 2.75) is 17.2 Å². The van der Waals surface area contributed by atoms with Gasteiger partial charge in [-0.15, -0.1) is 0 Å². The predicted octanol–water partition coefficient (Wildman–Crippen LogP) is 1.28. The zero-order valence-electron chi connectivity index (χ0n) is 9.43. The first kappa shape index (κ1) is 10.8. The third-order valence-corrected chi connectivity index (χ3v) is 3.60. The zero-order chi connectivity index (χ0) is 11.7. The Kier molecular flexibility index (Phi) is 2.86. The predicted molar refractivity (Wildman–Crippen MR) is 66.3 cm³/mol. The summed E-state index contributed by atoms with van der Waals surface area (Å²) in [6, 6.07) is 0. The molecule has 7 heteroatoms. The number of rotatable bonds is 4. The second kappa shape index (κ2) is 4.50. The zero-order valence-corrected chi connectivity index (χ0v) is 10.3. The fraction of sp³-hybridized carbons (Fsp3) is 0.500. The van der Waals surface area contributed by atoms with E-state index in [1.807, 2.05) is 6.92 Å². The smallest absolute Gasteiger partial charge is 0.225 e. The number of imidazole rings is 1. The van der Waals surface area contributed by atoms with E-state index in [2.05, 4.69) is 25.3 Å². The molecule has 0 saturated carbocycles. The fourth-order valence-electron chi connectivity index (χ4n) is 1.57. The Morgan fingerprint density at radius 1 is 1.53 bits per heavy atom. The second-order valence-corrected chi connectivity index (χ2v) is 5.05. The summed E-state index contributed by atoms with van der Waals surface area (Å²) in [7, 11) is 0. The minimum Gasteiger partial charge on any atom is -0.379 e. The molecule has 0 unspecified atom stereocenters. The van der Waals surface area contributed by atoms with Crippen LogP contribution in [-0.4, -0.2) is 44.9 Å². The summed E-state index contributed by atoms with van der Waals surface area (Å²) in [5, 5.41) is 4.55. The topological polar surface area (TPSA) is 75.7 Å². The minimum atomic E-state index is 0.492. The molecule has 2 N–H and O–H groups in total. The summed E-state index contributed by atoms with van der Waals surface area (Å²) in [5.41, 5.74) is 1.61. The van der Waals surface area contributed by atoms with Gasteiger partial charge in [-0.25, -0.2) is 9.97 Å². The van der Waals surface area contributed by atoms with Crippen LogP contribution in [0.4, 0.5) is 5.95 Å². The molecule has 1 saturated heterocycles. The Morgan fingerprint density at radius 3 is 3.12 bits per heavy atom. The molecular formula is C10H13N5OS. The van der Waals surface area contributed by atoms with Gasteiger partial charge < -0.3 is 15.0 Å². The van der Waals surface area contributed by atoms with Gasteiger partial charge in [-0.05, 0) is 6.92 Å². The Labute approximate surface area is 103 Å². The van der Waals surface area contributed by atoms with Gasteiger partial charge in [0, 0.05) is 6.54 Å². The lowest BCUT2D eigenvalue weighted by Gasteiger charge is -2.24. The van der Waals surface area contributed by atoms with Gasteiger partial charge in [0.1, 0.15) is 10.5 Å². The molecule has 0 spiro atoms. The van der Waals surface area contributed by atoms with Crippen molar-refractivity contribution < 1.29 is 4.74 Å². The van der Waals surface area contributed by atoms with Crippen molar-refractivity contribution in [2.24, 2.45) is 0 Å². The number of anilines is 1. The molecular weight excluding hydrogens is 238 g/mol. The third kappa shape index (κ3) is 2.07. The van der Waals surface area contributed by atoms with Crippen LogP contribution in [0.15, 0.2) is 11.4 Å². The van der Waals surface area contributed by atoms with Crippen molar-refractivity contribution in [3.05, 3.63) is 6.33 Å². The number of nitrogens with zero attached hydrogens (tertiary/aromatic N) is 3. The number of nitrogens with one attached hydrogen (secondary N) is 2. The second-order valence-electron chi connectivity index (χ2n) is 3.76. The monoisotopic (exact) mass is 251 g/mol. The number of hydrogen-bond acceptors (Lipinski definition) is 6. The lowest BCUT2D eigenvalue weighted by atomic mass is 10.4. The lowest BCUT2D eigenvalue weighted by Crippen LogP contribution is -2.30. The normalized spacial score (nSPS) is 16.1. The van der Waals surface area contributed by atoms with Crippen LogP contribution in [-0.2, 0) is 4.74 Å². The summed E-state index contributed by atoms with van der Waals surface area (Å²) < 4.78 is 5.17. The number of hydrogen-bond donors (Lipinski definition) is 2. The highest BCUT2D eigenvalue weighted by molar-refractivity contribution is 8.00. The van der Waals surface area contributed by atoms with Crippen molar-refractivity contribution in [1.82, 2.24) is 19.9 Å². The Balaban J connectivity index is 1.96. The Hall–Kier alpha value is -1.34. The first-order chi connectivity index (χ1) is 8.36. The van der Waals surface area contributed by atoms with E-state index in [1.165, 1.54) is 0 Å². The molecule has 6 nitrogen and oxygen atoms in total. The highest BCUT2D eigenvalue weighted by Gasteiger charge is 2.22. The summed E-state index contributed by atoms with van der Waals surface area (Å²) in [4.78, 5) is 16.1. The molecule has 0 aromatic carbocycles. The first-order valence-electron chi connectivity index (χ1n) is 5.56. The van der Waals surface area contributed by atoms with Crippen LogP contribution in [0, 0.1) is 0 Å². The van der Waals surface area contributed by atoms with Crippen LogP contribution in [0.1, 0.15) is 6.92 Å². The van der Waals surface area contributed by atoms with E-state index in [9.17, 15) is 0 Å². The van der Waals surface area contributed by atoms with Gasteiger partial charge in [0.2, 0.25) is 5.95 Å². The van der Waals surface area contributed by atoms with Crippen molar-refractivity contribution in [3.8, 4) is 0 Å². The van der Waals surface area contributed by atoms with E-state index in [-0.39, 0.29) is 0 Å². The summed E-state index contributed by atoms with van der Waals surface area (Å²) in [5.74, 6) is 0.634. The Bertz CT molecular complexity index is 524. The molecule has 1 aliphatic heterocycles. The number of ether oxygens (including phenoxy) is 1. The van der Waals surface area contributed by atoms with Crippen molar-refractivity contribution in [3.63, 3.8) is 0 Å². The maximum atomic E-state index is 5.17. The summed E-state index contributed by atoms with van der Waals surface area (Å²) in [6.07, 6.45) is 1.65. The van der Waals surface area contributed by atoms with E-state index in [4.69, 9.17) is 4.74 Å². The fourth-order valence-corrected chi connectivity index (χ4v) is 2.62. The van der Waals surface area contributed by atoms with Gasteiger partial charge in [-0.1, -0.05) is 11.8 Å². The number of H-pyrrole nitrogens is 1. The van der Waals surface area contributed by atoms with Crippen molar-refractivity contribution in [2.75, 3.05) is 25.1 Å². The molecule has 0 radical (unpaired) electrons. The highest BCUT2D eigenvalue weighted by atomic mass is 32.2. The molecule has 90 valence electrons. The summed E-state index contributed by atoms with van der Waals surface area (Å²) in [6.45, 7) is 4.40. The van der Waals surface area contributed by atoms with E-state index < -0.39 is 0 Å². The van der Waals surface area contributed by atoms with Crippen LogP contribution in [0.2, 0.25) is 0 Å². The molecule has 2 aromatic heterocycles. The van der Waals surface area contributed by atoms with E-state index >= 15 is 0 Å². The van der Waals surface area contributed by atoms with Crippen LogP contribution >= 0.6 is 11.8 Å². The maximum absolute atomic E-state index is 5.17. The van der Waals surface area contributed by atoms with Crippen LogP contribution in [0.5, 0.6) is 0 Å². The van der Waals surface area contributed by atoms with Crippen molar-refractivity contribution in [1.29, 1.82) is 0 Å². The van der Waals surface area contributed by atoms with Crippen LogP contribution in [0.25, 0.3) is 11.2 Å². The van der Waals surface area contributed by atoms with Crippen LogP contribution in [0.3, 0.4) is 0 Å². The maximum Gasteiger partial charge on any atom is 0.225 e. The van der Waals surface area contributed by atoms with E-state index in [0.717, 1.165) is 30.3 Å². The molecule has 1 aliphatic rings. The number of fused-ring (bicyclic) bond motifs is 1. The quantitative estimate of drug-likeness (QED) is 0.797. The van der Waals surface area contributed by atoms with Gasteiger partial charge in [0.25, 0.3) is 0 Å². The average Bonchev–Trinajstić information content (AvgIpc) is 2.71. The molecule has 1 fully saturated rings. The first-order valence-corrected chi connectivity index (χ1v) is 6.44. The number of aromatic amines is 1. The van der Waals surface area contributed by atoms with Gasteiger partial charge in [-0.2, -0.15) is 4.98 Å². The van der Waals surface area contributed by atoms with Gasteiger partial charge >= 0.3 is 0 Å². The summed E-state index contributed by atoms with van der Waals surface area (Å²) >= 11 is 1.72. The molecule has 0 atom stereocenters. The average molecular weight is 251 g/mol. The molecule has 3 heterocycles. The molecule has 0 amide bonds. The van der Waals surface area contributed by atoms with Gasteiger partial charge in [0.05, 0.1) is 24.8 Å². The van der Waals surface area contributed by atoms with Gasteiger partial charge in [0.15, 0.2) is 5.65 Å². The number of aromatic nitrogens is 4. The third-order valence-electron chi connectivity index (χ3n) is 2.47. The number of thioether (sulfide) groups is 1.